The number of ketones is 1. The fourth-order valence-electron chi connectivity index (χ4n) is 4.67. The third-order valence-electron chi connectivity index (χ3n) is 6.95. The molecule has 5 rings (SSSR count). The van der Waals surface area contributed by atoms with E-state index in [9.17, 15) is 19.1 Å². The second kappa shape index (κ2) is 8.37. The summed E-state index contributed by atoms with van der Waals surface area (Å²) in [5, 5.41) is 10.3. The Morgan fingerprint density at radius 2 is 1.88 bits per heavy atom. The van der Waals surface area contributed by atoms with Crippen molar-refractivity contribution in [2.45, 2.75) is 57.1 Å². The minimum absolute atomic E-state index is 0.0632. The van der Waals surface area contributed by atoms with Crippen molar-refractivity contribution >= 4 is 22.8 Å². The molecule has 1 N–H and O–H groups in total. The molecule has 0 spiro atoms. The molecule has 2 aromatic carbocycles. The first-order valence-electron chi connectivity index (χ1n) is 11.6. The van der Waals surface area contributed by atoms with Gasteiger partial charge in [-0.05, 0) is 63.3 Å². The van der Waals surface area contributed by atoms with Crippen molar-refractivity contribution in [3.05, 3.63) is 53.8 Å². The molecule has 1 saturated carbocycles. The predicted octanol–water partition coefficient (Wildman–Crippen LogP) is 4.75. The largest absolute Gasteiger partial charge is 0.436 e. The molecule has 0 bridgehead atoms. The van der Waals surface area contributed by atoms with Gasteiger partial charge in [-0.25, -0.2) is 9.37 Å². The highest BCUT2D eigenvalue weighted by molar-refractivity contribution is 5.98. The lowest BCUT2D eigenvalue weighted by Crippen LogP contribution is -2.47. The van der Waals surface area contributed by atoms with E-state index in [0.717, 1.165) is 19.3 Å². The number of aromatic nitrogens is 1. The number of carbonyl (C=O) groups excluding carboxylic acids is 2. The minimum Gasteiger partial charge on any atom is -0.436 e. The standard InChI is InChI=1S/C26H27FN2O4/c1-16-3-2-4-17(11-14-29(16)25(31)26(32)12-13-26)23(30)18-5-7-19(8-6-18)24-28-21-10-9-20(27)15-22(21)33-24/h5-10,15-17,32H,2-4,11-14H2,1H3/t16-,17?/m1/s1. The fourth-order valence-corrected chi connectivity index (χ4v) is 4.67. The number of fused-ring (bicyclic) bond motifs is 1. The Hall–Kier alpha value is -3.06. The van der Waals surface area contributed by atoms with Gasteiger partial charge in [-0.2, -0.15) is 0 Å². The van der Waals surface area contributed by atoms with Crippen LogP contribution >= 0.6 is 0 Å². The number of aliphatic hydroxyl groups is 1. The summed E-state index contributed by atoms with van der Waals surface area (Å²) in [4.78, 5) is 32.1. The molecule has 3 aromatic rings. The van der Waals surface area contributed by atoms with Crippen LogP contribution in [0.4, 0.5) is 4.39 Å². The van der Waals surface area contributed by atoms with Crippen LogP contribution in [0.25, 0.3) is 22.6 Å². The smallest absolute Gasteiger partial charge is 0.254 e. The fraction of sp³-hybridized carbons (Fsp3) is 0.423. The van der Waals surface area contributed by atoms with Crippen LogP contribution in [0, 0.1) is 11.7 Å². The molecular weight excluding hydrogens is 423 g/mol. The molecule has 172 valence electrons. The van der Waals surface area contributed by atoms with Gasteiger partial charge in [-0.1, -0.05) is 18.6 Å². The Balaban J connectivity index is 1.29. The van der Waals surface area contributed by atoms with Crippen LogP contribution in [-0.4, -0.2) is 44.9 Å². The average molecular weight is 451 g/mol. The van der Waals surface area contributed by atoms with E-state index in [1.807, 2.05) is 6.92 Å². The van der Waals surface area contributed by atoms with Crippen molar-refractivity contribution in [3.63, 3.8) is 0 Å². The van der Waals surface area contributed by atoms with Crippen LogP contribution in [0.5, 0.6) is 0 Å². The van der Waals surface area contributed by atoms with Crippen molar-refractivity contribution in [3.8, 4) is 11.5 Å². The number of halogens is 1. The van der Waals surface area contributed by atoms with Crippen molar-refractivity contribution in [1.29, 1.82) is 0 Å². The molecular formula is C26H27FN2O4. The highest BCUT2D eigenvalue weighted by atomic mass is 19.1. The SMILES string of the molecule is C[C@@H]1CCCC(C(=O)c2ccc(-c3nc4ccc(F)cc4o3)cc2)CCN1C(=O)C1(O)CC1. The summed E-state index contributed by atoms with van der Waals surface area (Å²) in [6.07, 6.45) is 4.11. The first-order valence-corrected chi connectivity index (χ1v) is 11.6. The third-order valence-corrected chi connectivity index (χ3v) is 6.95. The van der Waals surface area contributed by atoms with Gasteiger partial charge in [0.2, 0.25) is 5.89 Å². The van der Waals surface area contributed by atoms with Gasteiger partial charge in [0.25, 0.3) is 5.91 Å². The number of hydrogen-bond acceptors (Lipinski definition) is 5. The van der Waals surface area contributed by atoms with Crippen molar-refractivity contribution < 1.29 is 23.5 Å². The summed E-state index contributed by atoms with van der Waals surface area (Å²) in [5.74, 6) is -0.299. The number of amides is 1. The van der Waals surface area contributed by atoms with E-state index in [4.69, 9.17) is 4.42 Å². The Morgan fingerprint density at radius 3 is 2.61 bits per heavy atom. The van der Waals surface area contributed by atoms with Gasteiger partial charge in [0.15, 0.2) is 11.4 Å². The van der Waals surface area contributed by atoms with Crippen molar-refractivity contribution in [2.75, 3.05) is 6.54 Å². The van der Waals surface area contributed by atoms with Crippen LogP contribution in [0.2, 0.25) is 0 Å². The second-order valence-electron chi connectivity index (χ2n) is 9.37. The number of nitrogens with zero attached hydrogens (tertiary/aromatic N) is 2. The lowest BCUT2D eigenvalue weighted by atomic mass is 9.87. The molecule has 33 heavy (non-hydrogen) atoms. The maximum Gasteiger partial charge on any atom is 0.254 e. The quantitative estimate of drug-likeness (QED) is 0.580. The Kier molecular flexibility index (Phi) is 5.52. The Morgan fingerprint density at radius 1 is 1.12 bits per heavy atom. The number of benzene rings is 2. The van der Waals surface area contributed by atoms with Crippen molar-refractivity contribution in [2.24, 2.45) is 5.92 Å². The first-order chi connectivity index (χ1) is 15.8. The molecule has 1 unspecified atom stereocenters. The van der Waals surface area contributed by atoms with E-state index < -0.39 is 5.60 Å². The summed E-state index contributed by atoms with van der Waals surface area (Å²) in [5.41, 5.74) is 1.09. The summed E-state index contributed by atoms with van der Waals surface area (Å²) < 4.78 is 19.1. The van der Waals surface area contributed by atoms with E-state index in [1.165, 1.54) is 12.1 Å². The van der Waals surface area contributed by atoms with Crippen molar-refractivity contribution in [1.82, 2.24) is 9.88 Å². The predicted molar refractivity (Wildman–Crippen MR) is 121 cm³/mol. The molecule has 2 aliphatic rings. The van der Waals surface area contributed by atoms with Crippen LogP contribution in [-0.2, 0) is 4.79 Å². The number of oxazole rings is 1. The van der Waals surface area contributed by atoms with Crippen LogP contribution in [0.3, 0.4) is 0 Å². The molecule has 1 aliphatic heterocycles. The molecule has 2 heterocycles. The maximum absolute atomic E-state index is 13.4. The van der Waals surface area contributed by atoms with Gasteiger partial charge in [0.05, 0.1) is 0 Å². The molecule has 2 fully saturated rings. The lowest BCUT2D eigenvalue weighted by molar-refractivity contribution is -0.145. The number of hydrogen-bond donors (Lipinski definition) is 1. The minimum atomic E-state index is -1.18. The topological polar surface area (TPSA) is 83.6 Å². The molecule has 2 atom stereocenters. The molecule has 6 nitrogen and oxygen atoms in total. The number of rotatable bonds is 4. The highest BCUT2D eigenvalue weighted by Crippen LogP contribution is 2.38. The van der Waals surface area contributed by atoms with Gasteiger partial charge in [0, 0.05) is 35.7 Å². The molecule has 0 radical (unpaired) electrons. The summed E-state index contributed by atoms with van der Waals surface area (Å²) >= 11 is 0. The highest BCUT2D eigenvalue weighted by Gasteiger charge is 2.51. The van der Waals surface area contributed by atoms with E-state index in [0.29, 0.717) is 53.9 Å². The zero-order chi connectivity index (χ0) is 23.2. The zero-order valence-electron chi connectivity index (χ0n) is 18.6. The summed E-state index contributed by atoms with van der Waals surface area (Å²) in [6.45, 7) is 2.50. The summed E-state index contributed by atoms with van der Waals surface area (Å²) in [7, 11) is 0. The number of carbonyl (C=O) groups is 2. The molecule has 1 aromatic heterocycles. The van der Waals surface area contributed by atoms with E-state index in [-0.39, 0.29) is 29.5 Å². The molecule has 1 aliphatic carbocycles. The van der Waals surface area contributed by atoms with Gasteiger partial charge < -0.3 is 14.4 Å². The van der Waals surface area contributed by atoms with Gasteiger partial charge in [0.1, 0.15) is 16.9 Å². The zero-order valence-corrected chi connectivity index (χ0v) is 18.6. The number of Topliss-reactive ketones (excluding diaryl/α,β-unsaturated/α-hetero) is 1. The van der Waals surface area contributed by atoms with E-state index >= 15 is 0 Å². The van der Waals surface area contributed by atoms with Crippen LogP contribution in [0.15, 0.2) is 46.9 Å². The monoisotopic (exact) mass is 450 g/mol. The maximum atomic E-state index is 13.4. The number of likely N-dealkylation sites (tertiary alicyclic amines) is 1. The average Bonchev–Trinajstić information content (AvgIpc) is 3.41. The molecule has 7 heteroatoms. The third kappa shape index (κ3) is 4.29. The van der Waals surface area contributed by atoms with Gasteiger partial charge in [-0.3, -0.25) is 9.59 Å². The first kappa shape index (κ1) is 21.8. The van der Waals surface area contributed by atoms with E-state index in [1.54, 1.807) is 35.2 Å². The molecule has 1 saturated heterocycles. The van der Waals surface area contributed by atoms with E-state index in [2.05, 4.69) is 4.98 Å². The second-order valence-corrected chi connectivity index (χ2v) is 9.37. The van der Waals surface area contributed by atoms with Gasteiger partial charge in [-0.15, -0.1) is 0 Å². The Labute approximate surface area is 191 Å². The van der Waals surface area contributed by atoms with Crippen LogP contribution in [0.1, 0.15) is 55.8 Å². The Bertz CT molecular complexity index is 1200. The van der Waals surface area contributed by atoms with Crippen LogP contribution < -0.4 is 0 Å². The van der Waals surface area contributed by atoms with Gasteiger partial charge >= 0.3 is 0 Å². The molecule has 1 amide bonds. The lowest BCUT2D eigenvalue weighted by Gasteiger charge is -2.34. The normalized spacial score (nSPS) is 22.6. The summed E-state index contributed by atoms with van der Waals surface area (Å²) in [6, 6.07) is 11.4.